The number of aryl methyl sites for hydroxylation is 1. The summed E-state index contributed by atoms with van der Waals surface area (Å²) in [5, 5.41) is 1.30. The van der Waals surface area contributed by atoms with Gasteiger partial charge in [0.25, 0.3) is 5.91 Å². The van der Waals surface area contributed by atoms with Crippen LogP contribution in [0.1, 0.15) is 17.4 Å². The lowest BCUT2D eigenvalue weighted by Crippen LogP contribution is -2.40. The number of rotatable bonds is 4. The molecule has 2 N–H and O–H groups in total. The van der Waals surface area contributed by atoms with Crippen molar-refractivity contribution in [2.75, 3.05) is 11.4 Å². The van der Waals surface area contributed by atoms with Crippen molar-refractivity contribution in [1.82, 2.24) is 10.0 Å². The molecule has 28 heavy (non-hydrogen) atoms. The van der Waals surface area contributed by atoms with Crippen molar-refractivity contribution in [2.45, 2.75) is 19.1 Å². The van der Waals surface area contributed by atoms with Crippen LogP contribution in [0.2, 0.25) is 0 Å². The molecule has 3 heterocycles. The second-order valence-electron chi connectivity index (χ2n) is 6.73. The number of pyridine rings is 1. The first-order valence-corrected chi connectivity index (χ1v) is 9.45. The summed E-state index contributed by atoms with van der Waals surface area (Å²) < 4.78 is 0.834. The van der Waals surface area contributed by atoms with E-state index < -0.39 is 35.8 Å². The minimum atomic E-state index is -1.03. The maximum Gasteiger partial charge on any atom is 0.265 e. The zero-order valence-electron chi connectivity index (χ0n) is 14.9. The summed E-state index contributed by atoms with van der Waals surface area (Å²) in [7, 11) is 0. The lowest BCUT2D eigenvalue weighted by Gasteiger charge is -2.25. The third-order valence-electron chi connectivity index (χ3n) is 4.80. The summed E-state index contributed by atoms with van der Waals surface area (Å²) >= 11 is 3.34. The molecular formula is C19H17BrN4O4. The van der Waals surface area contributed by atoms with E-state index in [2.05, 4.69) is 20.9 Å². The van der Waals surface area contributed by atoms with Crippen LogP contribution in [-0.4, -0.2) is 40.4 Å². The maximum absolute atomic E-state index is 13.2. The van der Waals surface area contributed by atoms with E-state index in [1.165, 1.54) is 5.06 Å². The van der Waals surface area contributed by atoms with Gasteiger partial charge in [-0.2, -0.15) is 5.06 Å². The number of imide groups is 1. The maximum atomic E-state index is 13.2. The zero-order chi connectivity index (χ0) is 20.0. The number of halogens is 1. The van der Waals surface area contributed by atoms with Crippen molar-refractivity contribution < 1.29 is 19.2 Å². The predicted octanol–water partition coefficient (Wildman–Crippen LogP) is 1.48. The number of carbonyl (C=O) groups excluding carboxylic acids is 3. The third-order valence-corrected chi connectivity index (χ3v) is 5.33. The van der Waals surface area contributed by atoms with Gasteiger partial charge >= 0.3 is 0 Å². The van der Waals surface area contributed by atoms with Crippen LogP contribution >= 0.6 is 15.9 Å². The molecule has 0 aliphatic carbocycles. The number of anilines is 1. The first-order valence-electron chi connectivity index (χ1n) is 8.65. The average Bonchev–Trinajstić information content (AvgIpc) is 3.11. The van der Waals surface area contributed by atoms with Gasteiger partial charge < -0.3 is 5.73 Å². The molecule has 144 valence electrons. The van der Waals surface area contributed by atoms with Crippen molar-refractivity contribution in [1.29, 1.82) is 0 Å². The van der Waals surface area contributed by atoms with Gasteiger partial charge in [0.05, 0.1) is 23.3 Å². The van der Waals surface area contributed by atoms with Crippen molar-refractivity contribution in [3.05, 3.63) is 58.3 Å². The summed E-state index contributed by atoms with van der Waals surface area (Å²) in [6.07, 6.45) is -1.03. The normalized spacial score (nSPS) is 24.6. The number of nitrogens with zero attached hydrogens (tertiary/aromatic N) is 3. The molecular weight excluding hydrogens is 428 g/mol. The largest absolute Gasteiger partial charge is 0.368 e. The third kappa shape index (κ3) is 3.11. The second-order valence-corrected chi connectivity index (χ2v) is 7.65. The Balaban J connectivity index is 1.74. The van der Waals surface area contributed by atoms with E-state index >= 15 is 0 Å². The Bertz CT molecular complexity index is 965. The Morgan fingerprint density at radius 3 is 2.54 bits per heavy atom. The number of hydroxylamine groups is 2. The van der Waals surface area contributed by atoms with E-state index in [4.69, 9.17) is 10.6 Å². The lowest BCUT2D eigenvalue weighted by molar-refractivity contribution is -0.175. The summed E-state index contributed by atoms with van der Waals surface area (Å²) in [6, 6.07) is 11.6. The van der Waals surface area contributed by atoms with Gasteiger partial charge in [0.2, 0.25) is 11.8 Å². The fraction of sp³-hybridized carbons (Fsp3) is 0.263. The lowest BCUT2D eigenvalue weighted by atomic mass is 9.93. The Kier molecular flexibility index (Phi) is 4.74. The van der Waals surface area contributed by atoms with Crippen LogP contribution in [0, 0.1) is 12.8 Å². The number of nitrogens with two attached hydrogens (primary N) is 1. The fourth-order valence-corrected chi connectivity index (χ4v) is 3.93. The predicted molar refractivity (Wildman–Crippen MR) is 103 cm³/mol. The highest BCUT2D eigenvalue weighted by Gasteiger charge is 2.60. The molecule has 0 radical (unpaired) electrons. The zero-order valence-corrected chi connectivity index (χ0v) is 16.5. The van der Waals surface area contributed by atoms with E-state index in [0.717, 1.165) is 15.1 Å². The molecule has 3 atom stereocenters. The molecule has 2 aliphatic rings. The number of carbonyl (C=O) groups is 3. The number of amides is 3. The molecule has 8 nitrogen and oxygen atoms in total. The van der Waals surface area contributed by atoms with Crippen LogP contribution in [0.15, 0.2) is 46.9 Å². The minimum Gasteiger partial charge on any atom is -0.368 e. The van der Waals surface area contributed by atoms with Crippen molar-refractivity contribution in [2.24, 2.45) is 11.7 Å². The monoisotopic (exact) mass is 444 g/mol. The fourth-order valence-electron chi connectivity index (χ4n) is 3.66. The van der Waals surface area contributed by atoms with Gasteiger partial charge in [-0.3, -0.25) is 24.2 Å². The Hall–Kier alpha value is -2.62. The van der Waals surface area contributed by atoms with Crippen LogP contribution < -0.4 is 10.6 Å². The molecule has 3 amide bonds. The van der Waals surface area contributed by atoms with E-state index in [-0.39, 0.29) is 6.54 Å². The Labute approximate surface area is 169 Å². The van der Waals surface area contributed by atoms with E-state index in [1.54, 1.807) is 36.4 Å². The Morgan fingerprint density at radius 1 is 1.18 bits per heavy atom. The summed E-state index contributed by atoms with van der Waals surface area (Å²) in [6.45, 7) is 1.58. The number of aromatic nitrogens is 1. The summed E-state index contributed by atoms with van der Waals surface area (Å²) in [5.74, 6) is -2.30. The molecule has 0 spiro atoms. The van der Waals surface area contributed by atoms with Crippen LogP contribution in [0.3, 0.4) is 0 Å². The molecule has 0 bridgehead atoms. The number of hydrogen-bond acceptors (Lipinski definition) is 6. The van der Waals surface area contributed by atoms with E-state index in [1.807, 2.05) is 13.0 Å². The van der Waals surface area contributed by atoms with Gasteiger partial charge in [0.1, 0.15) is 6.54 Å². The second kappa shape index (κ2) is 7.08. The van der Waals surface area contributed by atoms with E-state index in [9.17, 15) is 14.4 Å². The number of hydrogen-bond donors (Lipinski definition) is 1. The molecule has 9 heteroatoms. The summed E-state index contributed by atoms with van der Waals surface area (Å²) in [5.41, 5.74) is 7.10. The highest BCUT2D eigenvalue weighted by atomic mass is 79.9. The molecule has 4 rings (SSSR count). The molecule has 3 unspecified atom stereocenters. The highest BCUT2D eigenvalue weighted by Crippen LogP contribution is 2.45. The molecule has 2 saturated heterocycles. The molecule has 1 aromatic heterocycles. The quantitative estimate of drug-likeness (QED) is 0.715. The molecule has 1 aromatic carbocycles. The smallest absolute Gasteiger partial charge is 0.265 e. The van der Waals surface area contributed by atoms with E-state index in [0.29, 0.717) is 11.4 Å². The van der Waals surface area contributed by atoms with Crippen LogP contribution in [0.5, 0.6) is 0 Å². The molecule has 2 aromatic rings. The molecule has 2 fully saturated rings. The molecule has 0 saturated carbocycles. The first kappa shape index (κ1) is 18.7. The number of primary amides is 1. The Morgan fingerprint density at radius 2 is 1.89 bits per heavy atom. The van der Waals surface area contributed by atoms with Gasteiger partial charge in [-0.25, -0.2) is 4.90 Å². The van der Waals surface area contributed by atoms with Crippen molar-refractivity contribution in [3.63, 3.8) is 0 Å². The van der Waals surface area contributed by atoms with Crippen molar-refractivity contribution in [3.8, 4) is 0 Å². The molecule has 2 aliphatic heterocycles. The summed E-state index contributed by atoms with van der Waals surface area (Å²) in [4.78, 5) is 49.0. The van der Waals surface area contributed by atoms with Gasteiger partial charge in [-0.15, -0.1) is 0 Å². The standard InChI is InChI=1S/C19H17BrN4O4/c1-10-3-2-4-13(22-10)16-15-17(28-23(16)9-14(21)25)19(27)24(18(15)26)12-7-5-11(20)6-8-12/h2-8,15-17H,9H2,1H3,(H2,21,25). The number of fused-ring (bicyclic) bond motifs is 1. The highest BCUT2D eigenvalue weighted by molar-refractivity contribution is 9.10. The first-order chi connectivity index (χ1) is 13.4. The van der Waals surface area contributed by atoms with Crippen LogP contribution in [-0.2, 0) is 19.2 Å². The van der Waals surface area contributed by atoms with Crippen LogP contribution in [0.25, 0.3) is 0 Å². The van der Waals surface area contributed by atoms with Gasteiger partial charge in [0, 0.05) is 10.2 Å². The topological polar surface area (TPSA) is 106 Å². The average molecular weight is 445 g/mol. The van der Waals surface area contributed by atoms with Gasteiger partial charge in [-0.1, -0.05) is 22.0 Å². The SMILES string of the molecule is Cc1cccc(C2C3C(=O)N(c4ccc(Br)cc4)C(=O)C3ON2CC(N)=O)n1. The van der Waals surface area contributed by atoms with Gasteiger partial charge in [0.15, 0.2) is 6.10 Å². The number of benzene rings is 1. The van der Waals surface area contributed by atoms with Gasteiger partial charge in [-0.05, 0) is 43.3 Å². The minimum absolute atomic E-state index is 0.244. The van der Waals surface area contributed by atoms with Crippen LogP contribution in [0.4, 0.5) is 5.69 Å². The van der Waals surface area contributed by atoms with Crippen molar-refractivity contribution >= 4 is 39.3 Å².